The fourth-order valence-corrected chi connectivity index (χ4v) is 2.02. The molecule has 1 rings (SSSR count). The number of nitrogens with one attached hydrogen (secondary N) is 1. The fourth-order valence-electron chi connectivity index (χ4n) is 2.02. The van der Waals surface area contributed by atoms with Crippen LogP contribution in [0.15, 0.2) is 0 Å². The SMILES string of the molecule is CCOCCCN[C@H]1CCCC[C@H]1N. The molecule has 3 nitrogen and oxygen atoms in total. The molecule has 1 saturated carbocycles. The van der Waals surface area contributed by atoms with E-state index in [1.54, 1.807) is 0 Å². The van der Waals surface area contributed by atoms with E-state index < -0.39 is 0 Å². The van der Waals surface area contributed by atoms with Crippen molar-refractivity contribution in [3.05, 3.63) is 0 Å². The minimum absolute atomic E-state index is 0.371. The Hall–Kier alpha value is -0.120. The molecular weight excluding hydrogens is 176 g/mol. The van der Waals surface area contributed by atoms with Crippen LogP contribution in [0, 0.1) is 0 Å². The van der Waals surface area contributed by atoms with Gasteiger partial charge in [0.15, 0.2) is 0 Å². The minimum Gasteiger partial charge on any atom is -0.382 e. The normalized spacial score (nSPS) is 27.9. The molecule has 3 N–H and O–H groups in total. The van der Waals surface area contributed by atoms with Crippen molar-refractivity contribution in [2.75, 3.05) is 19.8 Å². The highest BCUT2D eigenvalue weighted by Gasteiger charge is 2.20. The Bertz CT molecular complexity index is 141. The Morgan fingerprint density at radius 1 is 1.36 bits per heavy atom. The topological polar surface area (TPSA) is 47.3 Å². The first-order valence-electron chi connectivity index (χ1n) is 5.91. The van der Waals surface area contributed by atoms with Crippen LogP contribution in [0.25, 0.3) is 0 Å². The smallest absolute Gasteiger partial charge is 0.0477 e. The molecule has 0 heterocycles. The van der Waals surface area contributed by atoms with E-state index >= 15 is 0 Å². The van der Waals surface area contributed by atoms with Gasteiger partial charge in [-0.1, -0.05) is 12.8 Å². The van der Waals surface area contributed by atoms with Gasteiger partial charge in [0.2, 0.25) is 0 Å². The Kier molecular flexibility index (Phi) is 6.15. The van der Waals surface area contributed by atoms with E-state index in [9.17, 15) is 0 Å². The van der Waals surface area contributed by atoms with E-state index in [-0.39, 0.29) is 0 Å². The van der Waals surface area contributed by atoms with Crippen LogP contribution in [0.2, 0.25) is 0 Å². The summed E-state index contributed by atoms with van der Waals surface area (Å²) in [4.78, 5) is 0. The van der Waals surface area contributed by atoms with Gasteiger partial charge in [-0.2, -0.15) is 0 Å². The van der Waals surface area contributed by atoms with Gasteiger partial charge < -0.3 is 15.8 Å². The van der Waals surface area contributed by atoms with Gasteiger partial charge >= 0.3 is 0 Å². The second-order valence-electron chi connectivity index (χ2n) is 4.06. The van der Waals surface area contributed by atoms with Crippen LogP contribution >= 0.6 is 0 Å². The zero-order valence-corrected chi connectivity index (χ0v) is 9.30. The molecular formula is C11H24N2O. The van der Waals surface area contributed by atoms with Crippen LogP contribution in [0.3, 0.4) is 0 Å². The zero-order valence-electron chi connectivity index (χ0n) is 9.30. The molecule has 14 heavy (non-hydrogen) atoms. The minimum atomic E-state index is 0.371. The first-order valence-corrected chi connectivity index (χ1v) is 5.91. The van der Waals surface area contributed by atoms with E-state index in [1.807, 2.05) is 6.92 Å². The van der Waals surface area contributed by atoms with Gasteiger partial charge in [0, 0.05) is 25.3 Å². The summed E-state index contributed by atoms with van der Waals surface area (Å²) in [6.45, 7) is 4.76. The summed E-state index contributed by atoms with van der Waals surface area (Å²) in [7, 11) is 0. The van der Waals surface area contributed by atoms with Gasteiger partial charge in [0.25, 0.3) is 0 Å². The molecule has 1 aliphatic carbocycles. The maximum Gasteiger partial charge on any atom is 0.0477 e. The number of hydrogen-bond donors (Lipinski definition) is 2. The predicted molar refractivity (Wildman–Crippen MR) is 59.3 cm³/mol. The third kappa shape index (κ3) is 4.40. The Morgan fingerprint density at radius 3 is 2.86 bits per heavy atom. The number of ether oxygens (including phenoxy) is 1. The van der Waals surface area contributed by atoms with Gasteiger partial charge in [-0.05, 0) is 32.7 Å². The molecule has 0 aliphatic heterocycles. The Morgan fingerprint density at radius 2 is 2.14 bits per heavy atom. The first-order chi connectivity index (χ1) is 6.84. The standard InChI is InChI=1S/C11H24N2O/c1-2-14-9-5-8-13-11-7-4-3-6-10(11)12/h10-11,13H,2-9,12H2,1H3/t10-,11+/m1/s1. The van der Waals surface area contributed by atoms with Crippen molar-refractivity contribution in [3.8, 4) is 0 Å². The molecule has 2 atom stereocenters. The van der Waals surface area contributed by atoms with Crippen molar-refractivity contribution in [1.29, 1.82) is 0 Å². The second kappa shape index (κ2) is 7.21. The molecule has 3 heteroatoms. The molecule has 0 saturated heterocycles. The summed E-state index contributed by atoms with van der Waals surface area (Å²) < 4.78 is 5.28. The maximum atomic E-state index is 6.03. The molecule has 0 aromatic carbocycles. The lowest BCUT2D eigenvalue weighted by Gasteiger charge is -2.29. The van der Waals surface area contributed by atoms with Crippen molar-refractivity contribution in [2.45, 2.75) is 51.1 Å². The van der Waals surface area contributed by atoms with Crippen LogP contribution < -0.4 is 11.1 Å². The predicted octanol–water partition coefficient (Wildman–Crippen LogP) is 1.27. The van der Waals surface area contributed by atoms with E-state index in [2.05, 4.69) is 5.32 Å². The van der Waals surface area contributed by atoms with Gasteiger partial charge in [-0.15, -0.1) is 0 Å². The molecule has 0 amide bonds. The van der Waals surface area contributed by atoms with Gasteiger partial charge in [0.1, 0.15) is 0 Å². The lowest BCUT2D eigenvalue weighted by molar-refractivity contribution is 0.143. The van der Waals surface area contributed by atoms with Crippen LogP contribution in [0.4, 0.5) is 0 Å². The third-order valence-corrected chi connectivity index (χ3v) is 2.90. The van der Waals surface area contributed by atoms with Gasteiger partial charge in [-0.25, -0.2) is 0 Å². The van der Waals surface area contributed by atoms with E-state index in [0.717, 1.165) is 26.2 Å². The summed E-state index contributed by atoms with van der Waals surface area (Å²) in [5.74, 6) is 0. The highest BCUT2D eigenvalue weighted by Crippen LogP contribution is 2.16. The molecule has 0 aromatic rings. The van der Waals surface area contributed by atoms with Crippen LogP contribution in [-0.4, -0.2) is 31.8 Å². The zero-order chi connectivity index (χ0) is 10.2. The Balaban J connectivity index is 1.99. The Labute approximate surface area is 87.4 Å². The second-order valence-corrected chi connectivity index (χ2v) is 4.06. The first kappa shape index (κ1) is 12.0. The average molecular weight is 200 g/mol. The molecule has 84 valence electrons. The summed E-state index contributed by atoms with van der Waals surface area (Å²) in [5, 5.41) is 3.53. The molecule has 0 spiro atoms. The molecule has 0 radical (unpaired) electrons. The third-order valence-electron chi connectivity index (χ3n) is 2.90. The fraction of sp³-hybridized carbons (Fsp3) is 1.00. The largest absolute Gasteiger partial charge is 0.382 e. The van der Waals surface area contributed by atoms with Crippen LogP contribution in [-0.2, 0) is 4.74 Å². The van der Waals surface area contributed by atoms with E-state index in [0.29, 0.717) is 12.1 Å². The molecule has 1 aliphatic rings. The lowest BCUT2D eigenvalue weighted by atomic mass is 9.91. The van der Waals surface area contributed by atoms with Crippen molar-refractivity contribution in [1.82, 2.24) is 5.32 Å². The van der Waals surface area contributed by atoms with Crippen LogP contribution in [0.1, 0.15) is 39.0 Å². The van der Waals surface area contributed by atoms with Gasteiger partial charge in [-0.3, -0.25) is 0 Å². The summed E-state index contributed by atoms with van der Waals surface area (Å²) in [6.07, 6.45) is 6.16. The number of nitrogens with two attached hydrogens (primary N) is 1. The van der Waals surface area contributed by atoms with Gasteiger partial charge in [0.05, 0.1) is 0 Å². The van der Waals surface area contributed by atoms with Crippen molar-refractivity contribution < 1.29 is 4.74 Å². The average Bonchev–Trinajstić information content (AvgIpc) is 2.20. The lowest BCUT2D eigenvalue weighted by Crippen LogP contribution is -2.47. The van der Waals surface area contributed by atoms with Crippen LogP contribution in [0.5, 0.6) is 0 Å². The van der Waals surface area contributed by atoms with E-state index in [4.69, 9.17) is 10.5 Å². The van der Waals surface area contributed by atoms with E-state index in [1.165, 1.54) is 25.7 Å². The molecule has 0 bridgehead atoms. The quantitative estimate of drug-likeness (QED) is 0.635. The number of hydrogen-bond acceptors (Lipinski definition) is 3. The van der Waals surface area contributed by atoms with Crippen molar-refractivity contribution in [3.63, 3.8) is 0 Å². The number of rotatable bonds is 6. The summed E-state index contributed by atoms with van der Waals surface area (Å²) in [5.41, 5.74) is 6.03. The summed E-state index contributed by atoms with van der Waals surface area (Å²) >= 11 is 0. The van der Waals surface area contributed by atoms with Crippen molar-refractivity contribution >= 4 is 0 Å². The highest BCUT2D eigenvalue weighted by molar-refractivity contribution is 4.83. The monoisotopic (exact) mass is 200 g/mol. The molecule has 0 aromatic heterocycles. The maximum absolute atomic E-state index is 6.03. The molecule has 0 unspecified atom stereocenters. The van der Waals surface area contributed by atoms with Crippen molar-refractivity contribution in [2.24, 2.45) is 5.73 Å². The molecule has 1 fully saturated rings. The highest BCUT2D eigenvalue weighted by atomic mass is 16.5. The summed E-state index contributed by atoms with van der Waals surface area (Å²) in [6, 6.07) is 0.918.